The van der Waals surface area contributed by atoms with Crippen LogP contribution in [-0.4, -0.2) is 17.3 Å². The van der Waals surface area contributed by atoms with Crippen molar-refractivity contribution in [3.63, 3.8) is 0 Å². The maximum absolute atomic E-state index is 12.9. The number of anilines is 1. The number of para-hydroxylation sites is 1. The van der Waals surface area contributed by atoms with Crippen LogP contribution < -0.4 is 14.4 Å². The summed E-state index contributed by atoms with van der Waals surface area (Å²) in [7, 11) is 1.59. The van der Waals surface area contributed by atoms with Crippen molar-refractivity contribution in [3.05, 3.63) is 93.9 Å². The molecule has 1 heterocycles. The van der Waals surface area contributed by atoms with Gasteiger partial charge in [0.1, 0.15) is 6.61 Å². The lowest BCUT2D eigenvalue weighted by Gasteiger charge is -2.14. The van der Waals surface area contributed by atoms with Crippen LogP contribution in [0, 0.1) is 0 Å². The van der Waals surface area contributed by atoms with Gasteiger partial charge in [0, 0.05) is 5.02 Å². The molecular weight excluding hydrogens is 450 g/mol. The molecule has 1 amide bonds. The third-order valence-electron chi connectivity index (χ3n) is 4.60. The monoisotopic (exact) mass is 467 g/mol. The molecule has 0 saturated carbocycles. The van der Waals surface area contributed by atoms with Gasteiger partial charge in [0.15, 0.2) is 15.8 Å². The molecule has 1 aliphatic rings. The Balaban J connectivity index is 1.52. The van der Waals surface area contributed by atoms with Crippen LogP contribution >= 0.6 is 35.6 Å². The molecule has 31 heavy (non-hydrogen) atoms. The van der Waals surface area contributed by atoms with Gasteiger partial charge in [-0.05, 0) is 53.6 Å². The zero-order valence-corrected chi connectivity index (χ0v) is 19.0. The lowest BCUT2D eigenvalue weighted by atomic mass is 10.1. The van der Waals surface area contributed by atoms with Crippen LogP contribution in [0.3, 0.4) is 0 Å². The molecule has 156 valence electrons. The number of rotatable bonds is 6. The number of benzene rings is 3. The van der Waals surface area contributed by atoms with Crippen LogP contribution in [-0.2, 0) is 11.4 Å². The molecule has 0 aromatic heterocycles. The summed E-state index contributed by atoms with van der Waals surface area (Å²) in [5, 5.41) is 0.684. The highest BCUT2D eigenvalue weighted by Gasteiger charge is 2.33. The van der Waals surface area contributed by atoms with Crippen molar-refractivity contribution < 1.29 is 14.3 Å². The quantitative estimate of drug-likeness (QED) is 0.312. The van der Waals surface area contributed by atoms with Gasteiger partial charge < -0.3 is 9.47 Å². The number of amides is 1. The third kappa shape index (κ3) is 4.93. The zero-order valence-electron chi connectivity index (χ0n) is 16.6. The molecule has 0 aliphatic carbocycles. The summed E-state index contributed by atoms with van der Waals surface area (Å²) in [6.45, 7) is 0.391. The highest BCUT2D eigenvalue weighted by atomic mass is 35.5. The number of carbonyl (C=O) groups excluding carboxylic acids is 1. The normalized spacial score (nSPS) is 14.9. The first-order valence-electron chi connectivity index (χ1n) is 9.43. The molecule has 0 atom stereocenters. The van der Waals surface area contributed by atoms with Gasteiger partial charge in [-0.2, -0.15) is 0 Å². The van der Waals surface area contributed by atoms with E-state index in [0.29, 0.717) is 32.4 Å². The standard InChI is InChI=1S/C24H18ClNO3S2/c1-28-21-13-17(9-12-20(21)29-15-16-7-10-18(25)11-8-16)14-22-23(27)26(24(30)31-22)19-5-3-2-4-6-19/h2-14H,15H2,1H3/b22-14-. The highest BCUT2D eigenvalue weighted by molar-refractivity contribution is 8.27. The smallest absolute Gasteiger partial charge is 0.270 e. The molecule has 3 aromatic rings. The maximum Gasteiger partial charge on any atom is 0.270 e. The van der Waals surface area contributed by atoms with E-state index in [1.165, 1.54) is 11.8 Å². The van der Waals surface area contributed by atoms with Gasteiger partial charge in [-0.1, -0.05) is 72.0 Å². The fraction of sp³-hybridized carbons (Fsp3) is 0.0833. The van der Waals surface area contributed by atoms with E-state index in [9.17, 15) is 4.79 Å². The first-order chi connectivity index (χ1) is 15.0. The fourth-order valence-electron chi connectivity index (χ4n) is 3.05. The average Bonchev–Trinajstić information content (AvgIpc) is 3.07. The molecule has 0 spiro atoms. The molecule has 0 N–H and O–H groups in total. The van der Waals surface area contributed by atoms with Crippen molar-refractivity contribution in [2.45, 2.75) is 6.61 Å². The molecule has 0 radical (unpaired) electrons. The second-order valence-corrected chi connectivity index (χ2v) is 8.79. The maximum atomic E-state index is 12.9. The molecule has 0 unspecified atom stereocenters. The van der Waals surface area contributed by atoms with Crippen LogP contribution in [0.25, 0.3) is 6.08 Å². The lowest BCUT2D eigenvalue weighted by molar-refractivity contribution is -0.113. The summed E-state index contributed by atoms with van der Waals surface area (Å²) in [6, 6.07) is 22.4. The minimum atomic E-state index is -0.136. The van der Waals surface area contributed by atoms with Crippen molar-refractivity contribution in [3.8, 4) is 11.5 Å². The summed E-state index contributed by atoms with van der Waals surface area (Å²) in [6.07, 6.45) is 1.81. The number of nitrogens with zero attached hydrogens (tertiary/aromatic N) is 1. The van der Waals surface area contributed by atoms with E-state index in [1.807, 2.05) is 78.9 Å². The Labute approximate surface area is 195 Å². The Morgan fingerprint density at radius 1 is 1.03 bits per heavy atom. The second-order valence-electron chi connectivity index (χ2n) is 6.68. The summed E-state index contributed by atoms with van der Waals surface area (Å²) in [4.78, 5) is 15.0. The van der Waals surface area contributed by atoms with Crippen LogP contribution in [0.1, 0.15) is 11.1 Å². The molecule has 1 aliphatic heterocycles. The van der Waals surface area contributed by atoms with Crippen molar-refractivity contribution in [1.29, 1.82) is 0 Å². The molecule has 1 saturated heterocycles. The van der Waals surface area contributed by atoms with Gasteiger partial charge in [0.25, 0.3) is 5.91 Å². The number of carbonyl (C=O) groups is 1. The van der Waals surface area contributed by atoms with Crippen molar-refractivity contribution in [2.75, 3.05) is 12.0 Å². The average molecular weight is 468 g/mol. The highest BCUT2D eigenvalue weighted by Crippen LogP contribution is 2.37. The van der Waals surface area contributed by atoms with E-state index in [2.05, 4.69) is 0 Å². The Kier molecular flexibility index (Phi) is 6.61. The SMILES string of the molecule is COc1cc(/C=C2\SC(=S)N(c3ccccc3)C2=O)ccc1OCc1ccc(Cl)cc1. The largest absolute Gasteiger partial charge is 0.493 e. The first kappa shape index (κ1) is 21.4. The topological polar surface area (TPSA) is 38.8 Å². The predicted molar refractivity (Wildman–Crippen MR) is 131 cm³/mol. The molecule has 0 bridgehead atoms. The molecule has 1 fully saturated rings. The fourth-order valence-corrected chi connectivity index (χ4v) is 4.48. The molecule has 7 heteroatoms. The first-order valence-corrected chi connectivity index (χ1v) is 11.0. The van der Waals surface area contributed by atoms with Gasteiger partial charge in [-0.15, -0.1) is 0 Å². The Morgan fingerprint density at radius 2 is 1.77 bits per heavy atom. The number of halogens is 1. The summed E-state index contributed by atoms with van der Waals surface area (Å²) >= 11 is 12.6. The minimum Gasteiger partial charge on any atom is -0.493 e. The molecule has 4 rings (SSSR count). The van der Waals surface area contributed by atoms with Crippen molar-refractivity contribution >= 4 is 57.6 Å². The van der Waals surface area contributed by atoms with Gasteiger partial charge >= 0.3 is 0 Å². The van der Waals surface area contributed by atoms with E-state index in [0.717, 1.165) is 16.8 Å². The van der Waals surface area contributed by atoms with E-state index in [1.54, 1.807) is 12.0 Å². The number of hydrogen-bond acceptors (Lipinski definition) is 5. The second kappa shape index (κ2) is 9.56. The van der Waals surface area contributed by atoms with Gasteiger partial charge in [0.05, 0.1) is 17.7 Å². The molecule has 3 aromatic carbocycles. The number of ether oxygens (including phenoxy) is 2. The Bertz CT molecular complexity index is 1150. The Morgan fingerprint density at radius 3 is 2.48 bits per heavy atom. The minimum absolute atomic E-state index is 0.136. The lowest BCUT2D eigenvalue weighted by Crippen LogP contribution is -2.27. The van der Waals surface area contributed by atoms with Crippen LogP contribution in [0.4, 0.5) is 5.69 Å². The van der Waals surface area contributed by atoms with Gasteiger partial charge in [-0.3, -0.25) is 9.69 Å². The summed E-state index contributed by atoms with van der Waals surface area (Å²) < 4.78 is 11.9. The van der Waals surface area contributed by atoms with E-state index >= 15 is 0 Å². The zero-order chi connectivity index (χ0) is 21.8. The summed E-state index contributed by atoms with van der Waals surface area (Å²) in [5.74, 6) is 1.07. The summed E-state index contributed by atoms with van der Waals surface area (Å²) in [5.41, 5.74) is 2.58. The van der Waals surface area contributed by atoms with Gasteiger partial charge in [0.2, 0.25) is 0 Å². The van der Waals surface area contributed by atoms with Crippen molar-refractivity contribution in [2.24, 2.45) is 0 Å². The number of thiocarbonyl (C=S) groups is 1. The van der Waals surface area contributed by atoms with Crippen molar-refractivity contribution in [1.82, 2.24) is 0 Å². The van der Waals surface area contributed by atoms with E-state index < -0.39 is 0 Å². The van der Waals surface area contributed by atoms with Crippen LogP contribution in [0.5, 0.6) is 11.5 Å². The van der Waals surface area contributed by atoms with Gasteiger partial charge in [-0.25, -0.2) is 0 Å². The van der Waals surface area contributed by atoms with E-state index in [4.69, 9.17) is 33.3 Å². The molecule has 4 nitrogen and oxygen atoms in total. The van der Waals surface area contributed by atoms with Crippen LogP contribution in [0.2, 0.25) is 5.02 Å². The number of thioether (sulfide) groups is 1. The third-order valence-corrected chi connectivity index (χ3v) is 6.16. The number of methoxy groups -OCH3 is 1. The Hall–Kier alpha value is -2.80. The predicted octanol–water partition coefficient (Wildman–Crippen LogP) is 6.33. The molecular formula is C24H18ClNO3S2. The number of hydrogen-bond donors (Lipinski definition) is 0. The van der Waals surface area contributed by atoms with E-state index in [-0.39, 0.29) is 5.91 Å². The van der Waals surface area contributed by atoms with Crippen LogP contribution in [0.15, 0.2) is 77.7 Å².